The van der Waals surface area contributed by atoms with Crippen LogP contribution in [0.4, 0.5) is 0 Å². The Hall–Kier alpha value is -1.06. The lowest BCUT2D eigenvalue weighted by atomic mass is 9.93. The van der Waals surface area contributed by atoms with E-state index in [0.29, 0.717) is 18.1 Å². The van der Waals surface area contributed by atoms with Gasteiger partial charge in [0.15, 0.2) is 0 Å². The van der Waals surface area contributed by atoms with Gasteiger partial charge in [-0.1, -0.05) is 38.0 Å². The molecule has 21 heavy (non-hydrogen) atoms. The van der Waals surface area contributed by atoms with E-state index < -0.39 is 0 Å². The van der Waals surface area contributed by atoms with Crippen molar-refractivity contribution < 1.29 is 4.74 Å². The third kappa shape index (κ3) is 3.09. The van der Waals surface area contributed by atoms with Crippen LogP contribution in [-0.4, -0.2) is 36.7 Å². The van der Waals surface area contributed by atoms with Crippen molar-refractivity contribution in [2.24, 2.45) is 0 Å². The Kier molecular flexibility index (Phi) is 4.81. The number of fused-ring (bicyclic) bond motifs is 1. The molecule has 0 bridgehead atoms. The van der Waals surface area contributed by atoms with Crippen molar-refractivity contribution in [1.29, 1.82) is 0 Å². The normalized spacial score (nSPS) is 30.3. The molecule has 2 aliphatic heterocycles. The van der Waals surface area contributed by atoms with E-state index in [1.807, 2.05) is 0 Å². The summed E-state index contributed by atoms with van der Waals surface area (Å²) in [5, 5.41) is 3.71. The molecule has 0 amide bonds. The van der Waals surface area contributed by atoms with Crippen molar-refractivity contribution in [1.82, 2.24) is 10.2 Å². The van der Waals surface area contributed by atoms with Crippen LogP contribution >= 0.6 is 0 Å². The molecular weight excluding hydrogens is 260 g/mol. The molecule has 0 aromatic heterocycles. The van der Waals surface area contributed by atoms with Crippen LogP contribution in [0.2, 0.25) is 0 Å². The van der Waals surface area contributed by atoms with Crippen LogP contribution in [0.3, 0.4) is 0 Å². The summed E-state index contributed by atoms with van der Waals surface area (Å²) in [5.41, 5.74) is 1.33. The van der Waals surface area contributed by atoms with Crippen LogP contribution in [0.15, 0.2) is 24.3 Å². The van der Waals surface area contributed by atoms with Crippen molar-refractivity contribution in [2.45, 2.75) is 57.7 Å². The van der Waals surface area contributed by atoms with E-state index in [4.69, 9.17) is 4.74 Å². The van der Waals surface area contributed by atoms with Gasteiger partial charge in [0.2, 0.25) is 0 Å². The fraction of sp³-hybridized carbons (Fsp3) is 0.667. The van der Waals surface area contributed by atoms with Crippen molar-refractivity contribution in [3.05, 3.63) is 29.8 Å². The van der Waals surface area contributed by atoms with Crippen LogP contribution in [0.5, 0.6) is 5.75 Å². The number of rotatable bonds is 3. The second kappa shape index (κ2) is 6.80. The van der Waals surface area contributed by atoms with Crippen LogP contribution in [0.1, 0.15) is 51.1 Å². The molecule has 3 nitrogen and oxygen atoms in total. The zero-order chi connectivity index (χ0) is 14.7. The van der Waals surface area contributed by atoms with Gasteiger partial charge in [0, 0.05) is 11.6 Å². The van der Waals surface area contributed by atoms with Crippen LogP contribution in [0.25, 0.3) is 0 Å². The number of likely N-dealkylation sites (tertiary alicyclic amines) is 1. The van der Waals surface area contributed by atoms with Crippen molar-refractivity contribution >= 4 is 0 Å². The van der Waals surface area contributed by atoms with E-state index in [1.165, 1.54) is 37.8 Å². The molecule has 1 aromatic carbocycles. The highest BCUT2D eigenvalue weighted by Gasteiger charge is 2.36. The Morgan fingerprint density at radius 1 is 1.24 bits per heavy atom. The van der Waals surface area contributed by atoms with Gasteiger partial charge in [0.25, 0.3) is 0 Å². The maximum absolute atomic E-state index is 6.07. The number of hydrogen-bond acceptors (Lipinski definition) is 3. The van der Waals surface area contributed by atoms with Gasteiger partial charge in [0.05, 0.1) is 12.1 Å². The fourth-order valence-corrected chi connectivity index (χ4v) is 3.89. The summed E-state index contributed by atoms with van der Waals surface area (Å²) < 4.78 is 6.07. The Bertz CT molecular complexity index is 462. The summed E-state index contributed by atoms with van der Waals surface area (Å²) in [4.78, 5) is 2.69. The number of ether oxygens (including phenoxy) is 1. The molecule has 116 valence electrons. The molecule has 2 heterocycles. The summed E-state index contributed by atoms with van der Waals surface area (Å²) in [6, 6.07) is 10.0. The fourth-order valence-electron chi connectivity index (χ4n) is 3.89. The highest BCUT2D eigenvalue weighted by Crippen LogP contribution is 2.35. The Balaban J connectivity index is 1.87. The number of likely N-dealkylation sites (N-methyl/N-ethyl adjacent to an activating group) is 1. The summed E-state index contributed by atoms with van der Waals surface area (Å²) in [6.07, 6.45) is 5.38. The van der Waals surface area contributed by atoms with Crippen molar-refractivity contribution in [2.75, 3.05) is 19.7 Å². The van der Waals surface area contributed by atoms with Gasteiger partial charge in [-0.25, -0.2) is 0 Å². The SMILES string of the molecule is CCNC1c2ccccc2OCC1N1CCCCCC1C. The highest BCUT2D eigenvalue weighted by atomic mass is 16.5. The number of nitrogens with one attached hydrogen (secondary N) is 1. The predicted molar refractivity (Wildman–Crippen MR) is 86.8 cm³/mol. The lowest BCUT2D eigenvalue weighted by molar-refractivity contribution is 0.0597. The third-order valence-corrected chi connectivity index (χ3v) is 5.00. The first-order valence-electron chi connectivity index (χ1n) is 8.52. The zero-order valence-electron chi connectivity index (χ0n) is 13.3. The van der Waals surface area contributed by atoms with E-state index in [2.05, 4.69) is 48.3 Å². The summed E-state index contributed by atoms with van der Waals surface area (Å²) in [7, 11) is 0. The maximum atomic E-state index is 6.07. The molecule has 0 spiro atoms. The Labute approximate surface area is 128 Å². The quantitative estimate of drug-likeness (QED) is 0.923. The van der Waals surface area contributed by atoms with Crippen molar-refractivity contribution in [3.8, 4) is 5.75 Å². The second-order valence-corrected chi connectivity index (χ2v) is 6.39. The van der Waals surface area contributed by atoms with E-state index in [9.17, 15) is 0 Å². The van der Waals surface area contributed by atoms with E-state index in [1.54, 1.807) is 0 Å². The summed E-state index contributed by atoms with van der Waals surface area (Å²) in [6.45, 7) is 7.59. The van der Waals surface area contributed by atoms with Crippen LogP contribution < -0.4 is 10.1 Å². The molecule has 3 heteroatoms. The number of nitrogens with zero attached hydrogens (tertiary/aromatic N) is 1. The Morgan fingerprint density at radius 3 is 2.95 bits per heavy atom. The molecule has 0 saturated carbocycles. The molecule has 1 aromatic rings. The molecule has 1 fully saturated rings. The molecule has 3 atom stereocenters. The Morgan fingerprint density at radius 2 is 2.10 bits per heavy atom. The van der Waals surface area contributed by atoms with Crippen LogP contribution in [0, 0.1) is 0 Å². The number of benzene rings is 1. The molecule has 1 saturated heterocycles. The van der Waals surface area contributed by atoms with Crippen molar-refractivity contribution in [3.63, 3.8) is 0 Å². The molecule has 2 aliphatic rings. The number of para-hydroxylation sites is 1. The largest absolute Gasteiger partial charge is 0.492 e. The molecule has 0 aliphatic carbocycles. The topological polar surface area (TPSA) is 24.5 Å². The molecule has 3 rings (SSSR count). The van der Waals surface area contributed by atoms with Gasteiger partial charge in [0.1, 0.15) is 12.4 Å². The van der Waals surface area contributed by atoms with E-state index in [0.717, 1.165) is 18.9 Å². The van der Waals surface area contributed by atoms with Crippen LogP contribution in [-0.2, 0) is 0 Å². The summed E-state index contributed by atoms with van der Waals surface area (Å²) >= 11 is 0. The minimum atomic E-state index is 0.389. The average Bonchev–Trinajstić information content (AvgIpc) is 2.73. The van der Waals surface area contributed by atoms with E-state index in [-0.39, 0.29) is 0 Å². The average molecular weight is 288 g/mol. The lowest BCUT2D eigenvalue weighted by Gasteiger charge is -2.43. The standard InChI is InChI=1S/C18H28N2O/c1-3-19-18-15-10-6-7-11-17(15)21-13-16(18)20-12-8-4-5-9-14(20)2/h6-7,10-11,14,16,18-19H,3-5,8-9,12-13H2,1-2H3. The smallest absolute Gasteiger partial charge is 0.124 e. The van der Waals surface area contributed by atoms with Gasteiger partial charge in [-0.3, -0.25) is 4.90 Å². The summed E-state index contributed by atoms with van der Waals surface area (Å²) in [5.74, 6) is 1.06. The third-order valence-electron chi connectivity index (χ3n) is 5.00. The maximum Gasteiger partial charge on any atom is 0.124 e. The number of hydrogen-bond donors (Lipinski definition) is 1. The first kappa shape index (κ1) is 14.9. The van der Waals surface area contributed by atoms with Gasteiger partial charge in [-0.2, -0.15) is 0 Å². The zero-order valence-corrected chi connectivity index (χ0v) is 13.3. The molecule has 1 N–H and O–H groups in total. The predicted octanol–water partition coefficient (Wildman–Crippen LogP) is 3.36. The monoisotopic (exact) mass is 288 g/mol. The van der Waals surface area contributed by atoms with E-state index >= 15 is 0 Å². The second-order valence-electron chi connectivity index (χ2n) is 6.39. The van der Waals surface area contributed by atoms with Gasteiger partial charge < -0.3 is 10.1 Å². The lowest BCUT2D eigenvalue weighted by Crippen LogP contribution is -2.53. The molecule has 0 radical (unpaired) electrons. The minimum Gasteiger partial charge on any atom is -0.492 e. The van der Waals surface area contributed by atoms with Gasteiger partial charge >= 0.3 is 0 Å². The van der Waals surface area contributed by atoms with Gasteiger partial charge in [-0.05, 0) is 38.9 Å². The first-order valence-corrected chi connectivity index (χ1v) is 8.52. The molecule has 3 unspecified atom stereocenters. The highest BCUT2D eigenvalue weighted by molar-refractivity contribution is 5.38. The van der Waals surface area contributed by atoms with Gasteiger partial charge in [-0.15, -0.1) is 0 Å². The molecular formula is C18H28N2O. The first-order chi connectivity index (χ1) is 10.3. The minimum absolute atomic E-state index is 0.389.